The Hall–Kier alpha value is -2.08. The van der Waals surface area contributed by atoms with E-state index in [1.165, 1.54) is 4.68 Å². The zero-order valence-electron chi connectivity index (χ0n) is 9.54. The van der Waals surface area contributed by atoms with E-state index in [4.69, 9.17) is 11.5 Å². The molecule has 0 aromatic carbocycles. The molecule has 0 radical (unpaired) electrons. The first-order valence-electron chi connectivity index (χ1n) is 5.23. The molecule has 2 heterocycles. The number of rotatable bonds is 3. The number of anilines is 2. The van der Waals surface area contributed by atoms with Crippen LogP contribution in [-0.4, -0.2) is 19.9 Å². The summed E-state index contributed by atoms with van der Waals surface area (Å²) < 4.78 is 1.53. The largest absolute Gasteiger partial charge is 0.388 e. The Morgan fingerprint density at radius 3 is 2.82 bits per heavy atom. The summed E-state index contributed by atoms with van der Waals surface area (Å²) in [7, 11) is 1.73. The van der Waals surface area contributed by atoms with Gasteiger partial charge in [0.2, 0.25) is 0 Å². The monoisotopic (exact) mass is 233 g/mol. The Morgan fingerprint density at radius 1 is 1.47 bits per heavy atom. The molecule has 1 atom stereocenters. The van der Waals surface area contributed by atoms with E-state index in [0.29, 0.717) is 23.6 Å². The predicted octanol–water partition coefficient (Wildman–Crippen LogP) is 0.256. The number of nitrogens with two attached hydrogens (primary N) is 2. The smallest absolute Gasteiger partial charge is 0.127 e. The SMILES string of the molecule is Cn1ncc(C(O)Cc2ccnc(N)c2)c1N. The van der Waals surface area contributed by atoms with Gasteiger partial charge in [0.25, 0.3) is 0 Å². The van der Waals surface area contributed by atoms with E-state index in [1.807, 2.05) is 6.07 Å². The van der Waals surface area contributed by atoms with E-state index in [-0.39, 0.29) is 0 Å². The number of hydrogen-bond acceptors (Lipinski definition) is 5. The molecule has 6 nitrogen and oxygen atoms in total. The molecule has 0 spiro atoms. The summed E-state index contributed by atoms with van der Waals surface area (Å²) in [6, 6.07) is 3.54. The van der Waals surface area contributed by atoms with E-state index >= 15 is 0 Å². The van der Waals surface area contributed by atoms with Gasteiger partial charge in [-0.15, -0.1) is 0 Å². The molecule has 0 fully saturated rings. The third-order valence-electron chi connectivity index (χ3n) is 2.65. The van der Waals surface area contributed by atoms with Gasteiger partial charge in [-0.05, 0) is 17.7 Å². The summed E-state index contributed by atoms with van der Waals surface area (Å²) >= 11 is 0. The highest BCUT2D eigenvalue weighted by atomic mass is 16.3. The van der Waals surface area contributed by atoms with Crippen LogP contribution in [0.25, 0.3) is 0 Å². The number of hydrogen-bond donors (Lipinski definition) is 3. The van der Waals surface area contributed by atoms with Crippen LogP contribution in [0.2, 0.25) is 0 Å². The van der Waals surface area contributed by atoms with Crippen LogP contribution in [0.1, 0.15) is 17.2 Å². The minimum absolute atomic E-state index is 0.433. The quantitative estimate of drug-likeness (QED) is 0.705. The highest BCUT2D eigenvalue weighted by Crippen LogP contribution is 2.23. The van der Waals surface area contributed by atoms with Crippen molar-refractivity contribution in [1.29, 1.82) is 0 Å². The number of aliphatic hydroxyl groups excluding tert-OH is 1. The first-order chi connectivity index (χ1) is 8.08. The molecule has 0 amide bonds. The average Bonchev–Trinajstić information content (AvgIpc) is 2.60. The molecule has 0 saturated carbocycles. The number of aryl methyl sites for hydroxylation is 1. The summed E-state index contributed by atoms with van der Waals surface area (Å²) in [5, 5.41) is 14.1. The fraction of sp³-hybridized carbons (Fsp3) is 0.273. The van der Waals surface area contributed by atoms with Crippen LogP contribution in [0.4, 0.5) is 11.6 Å². The Balaban J connectivity index is 2.17. The number of nitrogen functional groups attached to an aromatic ring is 2. The van der Waals surface area contributed by atoms with Gasteiger partial charge in [0.1, 0.15) is 11.6 Å². The third-order valence-corrected chi connectivity index (χ3v) is 2.65. The maximum absolute atomic E-state index is 10.1. The highest BCUT2D eigenvalue weighted by Gasteiger charge is 2.15. The zero-order chi connectivity index (χ0) is 12.4. The van der Waals surface area contributed by atoms with E-state index < -0.39 is 6.10 Å². The van der Waals surface area contributed by atoms with Gasteiger partial charge < -0.3 is 16.6 Å². The van der Waals surface area contributed by atoms with Crippen molar-refractivity contribution in [1.82, 2.24) is 14.8 Å². The molecule has 0 bridgehead atoms. The van der Waals surface area contributed by atoms with Gasteiger partial charge in [-0.1, -0.05) is 0 Å². The second-order valence-corrected chi connectivity index (χ2v) is 3.92. The van der Waals surface area contributed by atoms with E-state index in [1.54, 1.807) is 25.5 Å². The van der Waals surface area contributed by atoms with Gasteiger partial charge in [-0.25, -0.2) is 4.98 Å². The highest BCUT2D eigenvalue weighted by molar-refractivity contribution is 5.41. The number of aliphatic hydroxyl groups is 1. The zero-order valence-corrected chi connectivity index (χ0v) is 9.54. The maximum atomic E-state index is 10.1. The van der Waals surface area contributed by atoms with Crippen LogP contribution in [0.5, 0.6) is 0 Å². The van der Waals surface area contributed by atoms with E-state index in [9.17, 15) is 5.11 Å². The third kappa shape index (κ3) is 2.36. The second-order valence-electron chi connectivity index (χ2n) is 3.92. The predicted molar refractivity (Wildman–Crippen MR) is 64.9 cm³/mol. The Labute approximate surface area is 98.9 Å². The fourth-order valence-corrected chi connectivity index (χ4v) is 1.68. The van der Waals surface area contributed by atoms with Gasteiger partial charge in [-0.3, -0.25) is 4.68 Å². The molecular formula is C11H15N5O. The van der Waals surface area contributed by atoms with Gasteiger partial charge in [-0.2, -0.15) is 5.10 Å². The first-order valence-corrected chi connectivity index (χ1v) is 5.23. The van der Waals surface area contributed by atoms with Crippen molar-refractivity contribution in [2.24, 2.45) is 7.05 Å². The summed E-state index contributed by atoms with van der Waals surface area (Å²) in [4.78, 5) is 3.90. The van der Waals surface area contributed by atoms with Gasteiger partial charge >= 0.3 is 0 Å². The number of aromatic nitrogens is 3. The number of nitrogens with zero attached hydrogens (tertiary/aromatic N) is 3. The molecule has 0 aliphatic rings. The van der Waals surface area contributed by atoms with Gasteiger partial charge in [0, 0.05) is 25.2 Å². The van der Waals surface area contributed by atoms with Crippen LogP contribution < -0.4 is 11.5 Å². The average molecular weight is 233 g/mol. The molecule has 90 valence electrons. The van der Waals surface area contributed by atoms with Crippen LogP contribution in [-0.2, 0) is 13.5 Å². The summed E-state index contributed by atoms with van der Waals surface area (Å²) in [5.74, 6) is 0.911. The standard InChI is InChI=1S/C11H15N5O/c1-16-11(13)8(6-15-16)9(17)4-7-2-3-14-10(12)5-7/h2-3,5-6,9,17H,4,13H2,1H3,(H2,12,14). The number of pyridine rings is 1. The second kappa shape index (κ2) is 4.42. The van der Waals surface area contributed by atoms with Crippen molar-refractivity contribution in [2.75, 3.05) is 11.5 Å². The molecule has 0 aliphatic heterocycles. The van der Waals surface area contributed by atoms with Crippen LogP contribution >= 0.6 is 0 Å². The van der Waals surface area contributed by atoms with Crippen molar-refractivity contribution in [3.63, 3.8) is 0 Å². The summed E-state index contributed by atoms with van der Waals surface area (Å²) in [6.07, 6.45) is 2.93. The Bertz CT molecular complexity index is 522. The summed E-state index contributed by atoms with van der Waals surface area (Å²) in [6.45, 7) is 0. The first kappa shape index (κ1) is 11.4. The maximum Gasteiger partial charge on any atom is 0.127 e. The van der Waals surface area contributed by atoms with Crippen molar-refractivity contribution in [2.45, 2.75) is 12.5 Å². The topological polar surface area (TPSA) is 103 Å². The molecule has 1 unspecified atom stereocenters. The van der Waals surface area contributed by atoms with Crippen molar-refractivity contribution < 1.29 is 5.11 Å². The lowest BCUT2D eigenvalue weighted by molar-refractivity contribution is 0.179. The van der Waals surface area contributed by atoms with Crippen molar-refractivity contribution in [3.8, 4) is 0 Å². The van der Waals surface area contributed by atoms with Crippen molar-refractivity contribution >= 4 is 11.6 Å². The summed E-state index contributed by atoms with van der Waals surface area (Å²) in [5.41, 5.74) is 12.9. The lowest BCUT2D eigenvalue weighted by Gasteiger charge is -2.10. The molecule has 2 aromatic rings. The molecule has 0 aliphatic carbocycles. The molecule has 0 saturated heterocycles. The minimum atomic E-state index is -0.689. The minimum Gasteiger partial charge on any atom is -0.388 e. The fourth-order valence-electron chi connectivity index (χ4n) is 1.68. The normalized spacial score (nSPS) is 12.6. The van der Waals surface area contributed by atoms with Crippen molar-refractivity contribution in [3.05, 3.63) is 35.7 Å². The van der Waals surface area contributed by atoms with E-state index in [2.05, 4.69) is 10.1 Å². The Morgan fingerprint density at radius 2 is 2.24 bits per heavy atom. The molecule has 17 heavy (non-hydrogen) atoms. The van der Waals surface area contributed by atoms with Crippen LogP contribution in [0.15, 0.2) is 24.5 Å². The molecule has 6 heteroatoms. The van der Waals surface area contributed by atoms with Gasteiger partial charge in [0.05, 0.1) is 12.3 Å². The molecule has 2 aromatic heterocycles. The Kier molecular flexibility index (Phi) is 2.97. The van der Waals surface area contributed by atoms with E-state index in [0.717, 1.165) is 5.56 Å². The van der Waals surface area contributed by atoms with Crippen LogP contribution in [0.3, 0.4) is 0 Å². The lowest BCUT2D eigenvalue weighted by Crippen LogP contribution is -2.06. The van der Waals surface area contributed by atoms with Crippen LogP contribution in [0, 0.1) is 0 Å². The molecule has 2 rings (SSSR count). The van der Waals surface area contributed by atoms with Gasteiger partial charge in [0.15, 0.2) is 0 Å². The lowest BCUT2D eigenvalue weighted by atomic mass is 10.0. The molecular weight excluding hydrogens is 218 g/mol. The molecule has 5 N–H and O–H groups in total.